The number of hydrogen-bond acceptors (Lipinski definition) is 4. The van der Waals surface area contributed by atoms with Crippen molar-refractivity contribution in [3.63, 3.8) is 0 Å². The van der Waals surface area contributed by atoms with Gasteiger partial charge in [0.2, 0.25) is 0 Å². The van der Waals surface area contributed by atoms with Crippen molar-refractivity contribution in [2.45, 2.75) is 25.0 Å². The molecule has 0 spiro atoms. The molecule has 1 saturated heterocycles. The lowest BCUT2D eigenvalue weighted by molar-refractivity contribution is -0.0485. The summed E-state index contributed by atoms with van der Waals surface area (Å²) in [6.07, 6.45) is 0.646. The highest BCUT2D eigenvalue weighted by Crippen LogP contribution is 2.35. The first-order chi connectivity index (χ1) is 13.1. The molecule has 0 aromatic heterocycles. The minimum atomic E-state index is -0.688. The number of morpholine rings is 1. The van der Waals surface area contributed by atoms with Gasteiger partial charge in [0.1, 0.15) is 0 Å². The standard InChI is InChI=1S/C23H30N2O2/c1-18(21-17-24-14-15-27-21)23(25(2)3,16-19-10-6-4-7-11-19)22(26)20-12-8-5-9-13-20/h4-13,18,21,24H,14-17H2,1-3H3. The molecule has 0 saturated carbocycles. The molecule has 1 aliphatic rings. The zero-order valence-corrected chi connectivity index (χ0v) is 16.5. The molecule has 27 heavy (non-hydrogen) atoms. The summed E-state index contributed by atoms with van der Waals surface area (Å²) < 4.78 is 6.08. The van der Waals surface area contributed by atoms with Crippen LogP contribution in [0.2, 0.25) is 0 Å². The number of ether oxygens (including phenoxy) is 1. The first kappa shape index (κ1) is 19.7. The second-order valence-corrected chi connectivity index (χ2v) is 7.58. The number of Topliss-reactive ketones (excluding diaryl/α,β-unsaturated/α-hetero) is 1. The van der Waals surface area contributed by atoms with E-state index in [-0.39, 0.29) is 17.8 Å². The number of likely N-dealkylation sites (N-methyl/N-ethyl adjacent to an activating group) is 1. The van der Waals surface area contributed by atoms with E-state index < -0.39 is 5.54 Å². The lowest BCUT2D eigenvalue weighted by Gasteiger charge is -2.47. The summed E-state index contributed by atoms with van der Waals surface area (Å²) in [7, 11) is 4.02. The minimum Gasteiger partial charge on any atom is -0.375 e. The summed E-state index contributed by atoms with van der Waals surface area (Å²) in [6.45, 7) is 4.47. The van der Waals surface area contributed by atoms with E-state index in [1.54, 1.807) is 0 Å². The first-order valence-electron chi connectivity index (χ1n) is 9.69. The Balaban J connectivity index is 2.05. The van der Waals surface area contributed by atoms with Crippen molar-refractivity contribution in [2.24, 2.45) is 5.92 Å². The molecule has 1 heterocycles. The molecule has 144 valence electrons. The van der Waals surface area contributed by atoms with Crippen LogP contribution in [0.5, 0.6) is 0 Å². The molecular weight excluding hydrogens is 336 g/mol. The van der Waals surface area contributed by atoms with Crippen molar-refractivity contribution in [3.8, 4) is 0 Å². The number of hydrogen-bond donors (Lipinski definition) is 1. The van der Waals surface area contributed by atoms with E-state index in [2.05, 4.69) is 29.3 Å². The Hall–Kier alpha value is -2.01. The topological polar surface area (TPSA) is 41.6 Å². The molecule has 0 amide bonds. The molecule has 3 unspecified atom stereocenters. The zero-order valence-electron chi connectivity index (χ0n) is 16.5. The van der Waals surface area contributed by atoms with Gasteiger partial charge < -0.3 is 10.1 Å². The summed E-state index contributed by atoms with van der Waals surface area (Å²) >= 11 is 0. The molecule has 1 N–H and O–H groups in total. The van der Waals surface area contributed by atoms with Gasteiger partial charge in [-0.25, -0.2) is 0 Å². The van der Waals surface area contributed by atoms with E-state index in [4.69, 9.17) is 4.74 Å². The first-order valence-corrected chi connectivity index (χ1v) is 9.69. The molecule has 3 rings (SSSR count). The summed E-state index contributed by atoms with van der Waals surface area (Å²) in [5.41, 5.74) is 1.22. The fourth-order valence-corrected chi connectivity index (χ4v) is 4.18. The van der Waals surface area contributed by atoms with Gasteiger partial charge in [-0.15, -0.1) is 0 Å². The van der Waals surface area contributed by atoms with Gasteiger partial charge in [0.15, 0.2) is 5.78 Å². The fraction of sp³-hybridized carbons (Fsp3) is 0.435. The van der Waals surface area contributed by atoms with Crippen LogP contribution in [-0.4, -0.2) is 56.1 Å². The van der Waals surface area contributed by atoms with Crippen LogP contribution in [-0.2, 0) is 11.2 Å². The van der Waals surface area contributed by atoms with Gasteiger partial charge in [-0.05, 0) is 26.1 Å². The van der Waals surface area contributed by atoms with E-state index >= 15 is 0 Å². The molecule has 2 aromatic rings. The maximum absolute atomic E-state index is 13.9. The second kappa shape index (κ2) is 8.79. The monoisotopic (exact) mass is 366 g/mol. The number of nitrogens with zero attached hydrogens (tertiary/aromatic N) is 1. The SMILES string of the molecule is CC(C1CNCCO1)C(Cc1ccccc1)(C(=O)c1ccccc1)N(C)C. The summed E-state index contributed by atoms with van der Waals surface area (Å²) in [4.78, 5) is 16.0. The third kappa shape index (κ3) is 4.13. The van der Waals surface area contributed by atoms with Gasteiger partial charge in [-0.3, -0.25) is 9.69 Å². The van der Waals surface area contributed by atoms with Gasteiger partial charge in [0.05, 0.1) is 18.2 Å². The number of benzene rings is 2. The Kier molecular flexibility index (Phi) is 6.42. The second-order valence-electron chi connectivity index (χ2n) is 7.58. The van der Waals surface area contributed by atoms with Crippen LogP contribution in [0.4, 0.5) is 0 Å². The summed E-state index contributed by atoms with van der Waals surface area (Å²) in [5, 5.41) is 3.41. The number of carbonyl (C=O) groups is 1. The van der Waals surface area contributed by atoms with Crippen molar-refractivity contribution in [1.82, 2.24) is 10.2 Å². The zero-order chi connectivity index (χ0) is 19.3. The van der Waals surface area contributed by atoms with E-state index in [1.165, 1.54) is 0 Å². The van der Waals surface area contributed by atoms with Crippen molar-refractivity contribution in [1.29, 1.82) is 0 Å². The lowest BCUT2D eigenvalue weighted by Crippen LogP contribution is -2.62. The Morgan fingerprint density at radius 1 is 1.15 bits per heavy atom. The third-order valence-electron chi connectivity index (χ3n) is 5.81. The largest absolute Gasteiger partial charge is 0.375 e. The predicted octanol–water partition coefficient (Wildman–Crippen LogP) is 3.04. The molecule has 1 fully saturated rings. The van der Waals surface area contributed by atoms with Gasteiger partial charge in [-0.2, -0.15) is 0 Å². The molecule has 1 aliphatic heterocycles. The van der Waals surface area contributed by atoms with Crippen LogP contribution in [0.25, 0.3) is 0 Å². The normalized spacial score (nSPS) is 20.8. The molecule has 0 aliphatic carbocycles. The van der Waals surface area contributed by atoms with Crippen molar-refractivity contribution in [3.05, 3.63) is 71.8 Å². The maximum atomic E-state index is 13.9. The fourth-order valence-electron chi connectivity index (χ4n) is 4.18. The average Bonchev–Trinajstić information content (AvgIpc) is 2.73. The van der Waals surface area contributed by atoms with Gasteiger partial charge in [-0.1, -0.05) is 67.6 Å². The van der Waals surface area contributed by atoms with Gasteiger partial charge in [0.25, 0.3) is 0 Å². The highest BCUT2D eigenvalue weighted by molar-refractivity contribution is 6.03. The van der Waals surface area contributed by atoms with Crippen LogP contribution in [0.3, 0.4) is 0 Å². The quantitative estimate of drug-likeness (QED) is 0.765. The highest BCUT2D eigenvalue weighted by atomic mass is 16.5. The molecule has 4 nitrogen and oxygen atoms in total. The Morgan fingerprint density at radius 3 is 2.33 bits per heavy atom. The molecule has 4 heteroatoms. The lowest BCUT2D eigenvalue weighted by atomic mass is 9.71. The van der Waals surface area contributed by atoms with Crippen LogP contribution < -0.4 is 5.32 Å². The molecule has 2 aromatic carbocycles. The molecule has 0 bridgehead atoms. The van der Waals surface area contributed by atoms with E-state index in [9.17, 15) is 4.79 Å². The molecule has 3 atom stereocenters. The van der Waals surface area contributed by atoms with Crippen molar-refractivity contribution < 1.29 is 9.53 Å². The van der Waals surface area contributed by atoms with E-state index in [0.29, 0.717) is 13.0 Å². The van der Waals surface area contributed by atoms with Crippen molar-refractivity contribution in [2.75, 3.05) is 33.8 Å². The average molecular weight is 367 g/mol. The smallest absolute Gasteiger partial charge is 0.183 e. The van der Waals surface area contributed by atoms with Gasteiger partial charge in [0, 0.05) is 24.6 Å². The number of rotatable bonds is 7. The number of ketones is 1. The minimum absolute atomic E-state index is 0.00229. The van der Waals surface area contributed by atoms with Gasteiger partial charge >= 0.3 is 0 Å². The van der Waals surface area contributed by atoms with E-state index in [0.717, 1.165) is 24.2 Å². The number of nitrogens with one attached hydrogen (secondary N) is 1. The molecule has 0 radical (unpaired) electrons. The Labute approximate surface area is 162 Å². The van der Waals surface area contributed by atoms with Crippen LogP contribution >= 0.6 is 0 Å². The van der Waals surface area contributed by atoms with Crippen LogP contribution in [0.15, 0.2) is 60.7 Å². The Morgan fingerprint density at radius 2 is 1.78 bits per heavy atom. The predicted molar refractivity (Wildman–Crippen MR) is 109 cm³/mol. The van der Waals surface area contributed by atoms with Crippen LogP contribution in [0.1, 0.15) is 22.8 Å². The third-order valence-corrected chi connectivity index (χ3v) is 5.81. The van der Waals surface area contributed by atoms with Crippen molar-refractivity contribution >= 4 is 5.78 Å². The number of carbonyl (C=O) groups excluding carboxylic acids is 1. The van der Waals surface area contributed by atoms with E-state index in [1.807, 2.05) is 62.6 Å². The summed E-state index contributed by atoms with van der Waals surface area (Å²) in [6, 6.07) is 19.9. The Bertz CT molecular complexity index is 727. The highest BCUT2D eigenvalue weighted by Gasteiger charge is 2.49. The summed E-state index contributed by atoms with van der Waals surface area (Å²) in [5.74, 6) is 0.173. The maximum Gasteiger partial charge on any atom is 0.183 e. The molecular formula is C23H30N2O2. The van der Waals surface area contributed by atoms with Crippen LogP contribution in [0, 0.1) is 5.92 Å².